The summed E-state index contributed by atoms with van der Waals surface area (Å²) in [6.45, 7) is 0.592. The Morgan fingerprint density at radius 2 is 1.90 bits per heavy atom. The lowest BCUT2D eigenvalue weighted by Gasteiger charge is -2.29. The maximum Gasteiger partial charge on any atom is 0.220 e. The minimum atomic E-state index is 0.165. The number of benzene rings is 1. The van der Waals surface area contributed by atoms with Crippen molar-refractivity contribution in [1.29, 1.82) is 0 Å². The van der Waals surface area contributed by atoms with E-state index in [-0.39, 0.29) is 5.91 Å². The van der Waals surface area contributed by atoms with Crippen molar-refractivity contribution in [2.24, 2.45) is 0 Å². The first-order valence-corrected chi connectivity index (χ1v) is 8.03. The molecular formula is C17H24N2O2. The van der Waals surface area contributed by atoms with Crippen LogP contribution in [0.25, 0.3) is 0 Å². The number of carbonyl (C=O) groups is 1. The number of nitrogens with one attached hydrogen (secondary N) is 2. The zero-order chi connectivity index (χ0) is 14.5. The first-order valence-electron chi connectivity index (χ1n) is 8.03. The molecule has 114 valence electrons. The molecule has 3 rings (SSSR count). The monoisotopic (exact) mass is 288 g/mol. The number of ether oxygens (including phenoxy) is 1. The van der Waals surface area contributed by atoms with E-state index in [1.807, 2.05) is 30.3 Å². The molecule has 2 N–H and O–H groups in total. The van der Waals surface area contributed by atoms with Crippen LogP contribution in [0, 0.1) is 0 Å². The first kappa shape index (κ1) is 14.4. The number of fused-ring (bicyclic) bond motifs is 2. The summed E-state index contributed by atoms with van der Waals surface area (Å²) in [5.74, 6) is 1.03. The van der Waals surface area contributed by atoms with Crippen LogP contribution in [0.5, 0.6) is 5.75 Å². The van der Waals surface area contributed by atoms with Crippen LogP contribution in [0.15, 0.2) is 30.3 Å². The van der Waals surface area contributed by atoms with E-state index < -0.39 is 0 Å². The molecule has 0 aromatic heterocycles. The fraction of sp³-hybridized carbons (Fsp3) is 0.588. The Hall–Kier alpha value is -1.55. The Morgan fingerprint density at radius 1 is 1.19 bits per heavy atom. The minimum Gasteiger partial charge on any atom is -0.494 e. The van der Waals surface area contributed by atoms with Gasteiger partial charge in [-0.25, -0.2) is 0 Å². The summed E-state index contributed by atoms with van der Waals surface area (Å²) in [5.41, 5.74) is 0. The number of piperidine rings is 1. The molecular weight excluding hydrogens is 264 g/mol. The highest BCUT2D eigenvalue weighted by Gasteiger charge is 2.33. The highest BCUT2D eigenvalue weighted by molar-refractivity contribution is 5.76. The van der Waals surface area contributed by atoms with Gasteiger partial charge in [0.1, 0.15) is 5.75 Å². The average Bonchev–Trinajstić information content (AvgIpc) is 2.84. The van der Waals surface area contributed by atoms with Crippen LogP contribution in [-0.2, 0) is 4.79 Å². The van der Waals surface area contributed by atoms with Gasteiger partial charge >= 0.3 is 0 Å². The van der Waals surface area contributed by atoms with Crippen LogP contribution < -0.4 is 15.4 Å². The summed E-state index contributed by atoms with van der Waals surface area (Å²) < 4.78 is 5.60. The SMILES string of the molecule is O=C(CCCOc1ccccc1)NC1CC2CCC(C1)N2. The van der Waals surface area contributed by atoms with E-state index in [1.165, 1.54) is 12.8 Å². The molecule has 1 aromatic rings. The van der Waals surface area contributed by atoms with Gasteiger partial charge in [0.2, 0.25) is 5.91 Å². The Bertz CT molecular complexity index is 451. The zero-order valence-corrected chi connectivity index (χ0v) is 12.4. The zero-order valence-electron chi connectivity index (χ0n) is 12.4. The van der Waals surface area contributed by atoms with Crippen molar-refractivity contribution in [3.05, 3.63) is 30.3 Å². The van der Waals surface area contributed by atoms with Crippen molar-refractivity contribution in [3.63, 3.8) is 0 Å². The van der Waals surface area contributed by atoms with Gasteiger partial charge in [0.25, 0.3) is 0 Å². The predicted octanol–water partition coefficient (Wildman–Crippen LogP) is 2.24. The van der Waals surface area contributed by atoms with Crippen molar-refractivity contribution < 1.29 is 9.53 Å². The van der Waals surface area contributed by atoms with E-state index in [1.54, 1.807) is 0 Å². The molecule has 4 heteroatoms. The molecule has 0 spiro atoms. The van der Waals surface area contributed by atoms with Crippen LogP contribution in [-0.4, -0.2) is 30.6 Å². The number of para-hydroxylation sites is 1. The van der Waals surface area contributed by atoms with Crippen LogP contribution in [0.4, 0.5) is 0 Å². The first-order chi connectivity index (χ1) is 10.3. The van der Waals surface area contributed by atoms with Crippen molar-refractivity contribution in [2.45, 2.75) is 56.7 Å². The van der Waals surface area contributed by atoms with Crippen molar-refractivity contribution >= 4 is 5.91 Å². The molecule has 1 amide bonds. The molecule has 1 aromatic carbocycles. The molecule has 0 saturated carbocycles. The summed E-state index contributed by atoms with van der Waals surface area (Å²) in [6.07, 6.45) is 6.01. The van der Waals surface area contributed by atoms with Gasteiger partial charge < -0.3 is 15.4 Å². The molecule has 4 nitrogen and oxygen atoms in total. The molecule has 0 radical (unpaired) electrons. The lowest BCUT2D eigenvalue weighted by Crippen LogP contribution is -2.48. The lowest BCUT2D eigenvalue weighted by molar-refractivity contribution is -0.122. The van der Waals surface area contributed by atoms with Crippen LogP contribution in [0.2, 0.25) is 0 Å². The number of rotatable bonds is 6. The highest BCUT2D eigenvalue weighted by atomic mass is 16.5. The molecule has 2 aliphatic rings. The second-order valence-electron chi connectivity index (χ2n) is 6.14. The van der Waals surface area contributed by atoms with E-state index in [9.17, 15) is 4.79 Å². The van der Waals surface area contributed by atoms with Gasteiger partial charge in [-0.15, -0.1) is 0 Å². The molecule has 2 unspecified atom stereocenters. The van der Waals surface area contributed by atoms with E-state index in [0.29, 0.717) is 31.2 Å². The maximum atomic E-state index is 12.0. The van der Waals surface area contributed by atoms with Crippen molar-refractivity contribution in [2.75, 3.05) is 6.61 Å². The Kier molecular flexibility index (Phi) is 4.76. The van der Waals surface area contributed by atoms with Gasteiger partial charge in [-0.1, -0.05) is 18.2 Å². The maximum absolute atomic E-state index is 12.0. The Balaban J connectivity index is 1.31. The fourth-order valence-corrected chi connectivity index (χ4v) is 3.41. The van der Waals surface area contributed by atoms with Gasteiger partial charge in [-0.2, -0.15) is 0 Å². The van der Waals surface area contributed by atoms with E-state index in [0.717, 1.165) is 25.0 Å². The average molecular weight is 288 g/mol. The number of hydrogen-bond donors (Lipinski definition) is 2. The minimum absolute atomic E-state index is 0.165. The van der Waals surface area contributed by atoms with Crippen molar-refractivity contribution in [3.8, 4) is 5.75 Å². The van der Waals surface area contributed by atoms with Crippen molar-refractivity contribution in [1.82, 2.24) is 10.6 Å². The quantitative estimate of drug-likeness (QED) is 0.789. The Morgan fingerprint density at radius 3 is 2.62 bits per heavy atom. The summed E-state index contributed by atoms with van der Waals surface area (Å²) in [7, 11) is 0. The van der Waals surface area contributed by atoms with E-state index >= 15 is 0 Å². The summed E-state index contributed by atoms with van der Waals surface area (Å²) >= 11 is 0. The molecule has 21 heavy (non-hydrogen) atoms. The number of hydrogen-bond acceptors (Lipinski definition) is 3. The molecule has 2 saturated heterocycles. The highest BCUT2D eigenvalue weighted by Crippen LogP contribution is 2.26. The van der Waals surface area contributed by atoms with Crippen LogP contribution in [0.3, 0.4) is 0 Å². The second-order valence-corrected chi connectivity index (χ2v) is 6.14. The van der Waals surface area contributed by atoms with Crippen LogP contribution in [0.1, 0.15) is 38.5 Å². The number of carbonyl (C=O) groups excluding carboxylic acids is 1. The summed E-state index contributed by atoms with van der Waals surface area (Å²) in [4.78, 5) is 12.0. The summed E-state index contributed by atoms with van der Waals surface area (Å²) in [5, 5.41) is 6.78. The molecule has 2 heterocycles. The van der Waals surface area contributed by atoms with Gasteiger partial charge in [0.05, 0.1) is 6.61 Å². The fourth-order valence-electron chi connectivity index (χ4n) is 3.41. The largest absolute Gasteiger partial charge is 0.494 e. The van der Waals surface area contributed by atoms with Crippen LogP contribution >= 0.6 is 0 Å². The molecule has 2 fully saturated rings. The smallest absolute Gasteiger partial charge is 0.220 e. The second kappa shape index (κ2) is 6.94. The topological polar surface area (TPSA) is 50.4 Å². The normalized spacial score (nSPS) is 27.3. The molecule has 0 aliphatic carbocycles. The standard InChI is InChI=1S/C17H24N2O2/c20-17(7-4-10-21-16-5-2-1-3-6-16)19-15-11-13-8-9-14(12-15)18-13/h1-3,5-6,13-15,18H,4,7-12H2,(H,19,20). The van der Waals surface area contributed by atoms with E-state index in [2.05, 4.69) is 10.6 Å². The van der Waals surface area contributed by atoms with Gasteiger partial charge in [-0.3, -0.25) is 4.79 Å². The third-order valence-electron chi connectivity index (χ3n) is 4.40. The number of amides is 1. The predicted molar refractivity (Wildman–Crippen MR) is 82.3 cm³/mol. The third-order valence-corrected chi connectivity index (χ3v) is 4.40. The third kappa shape index (κ3) is 4.21. The van der Waals surface area contributed by atoms with Gasteiger partial charge in [0.15, 0.2) is 0 Å². The van der Waals surface area contributed by atoms with Gasteiger partial charge in [-0.05, 0) is 44.2 Å². The Labute approximate surface area is 126 Å². The lowest BCUT2D eigenvalue weighted by atomic mass is 9.99. The molecule has 2 aliphatic heterocycles. The molecule has 2 bridgehead atoms. The van der Waals surface area contributed by atoms with E-state index in [4.69, 9.17) is 4.74 Å². The molecule has 2 atom stereocenters. The summed E-state index contributed by atoms with van der Waals surface area (Å²) in [6, 6.07) is 11.3. The van der Waals surface area contributed by atoms with Gasteiger partial charge in [0, 0.05) is 24.5 Å².